The molecule has 0 unspecified atom stereocenters. The number of carbonyl (C=O) groups is 1. The Hall–Kier alpha value is -1.62. The Morgan fingerprint density at radius 2 is 2.21 bits per heavy atom. The van der Waals surface area contributed by atoms with Crippen LogP contribution in [0.4, 0.5) is 10.6 Å². The molecular formula is C14H19N3O2. The number of pyridine rings is 1. The van der Waals surface area contributed by atoms with Crippen LogP contribution in [0.25, 0.3) is 0 Å². The quantitative estimate of drug-likeness (QED) is 0.857. The third kappa shape index (κ3) is 2.71. The van der Waals surface area contributed by atoms with E-state index in [9.17, 15) is 4.79 Å². The molecule has 2 saturated heterocycles. The van der Waals surface area contributed by atoms with Gasteiger partial charge in [-0.05, 0) is 50.8 Å². The zero-order valence-corrected chi connectivity index (χ0v) is 11.3. The minimum Gasteiger partial charge on any atom is -0.373 e. The van der Waals surface area contributed by atoms with Crippen LogP contribution >= 0.6 is 0 Å². The van der Waals surface area contributed by atoms with E-state index in [1.807, 2.05) is 26.0 Å². The lowest BCUT2D eigenvalue weighted by molar-refractivity contribution is 0.0984. The molecule has 0 radical (unpaired) electrons. The normalized spacial score (nSPS) is 28.4. The van der Waals surface area contributed by atoms with Crippen molar-refractivity contribution in [2.45, 2.75) is 51.4 Å². The molecule has 1 aromatic heterocycles. The van der Waals surface area contributed by atoms with E-state index in [4.69, 9.17) is 4.74 Å². The van der Waals surface area contributed by atoms with Gasteiger partial charge in [0.25, 0.3) is 0 Å². The first-order valence-electron chi connectivity index (χ1n) is 6.78. The molecule has 19 heavy (non-hydrogen) atoms. The molecule has 2 amide bonds. The molecule has 5 heteroatoms. The number of anilines is 1. The van der Waals surface area contributed by atoms with E-state index < -0.39 is 0 Å². The number of nitrogens with zero attached hydrogens (tertiary/aromatic N) is 1. The molecule has 0 saturated carbocycles. The maximum absolute atomic E-state index is 11.9. The summed E-state index contributed by atoms with van der Waals surface area (Å²) in [6.07, 6.45) is 3.65. The van der Waals surface area contributed by atoms with Crippen LogP contribution < -0.4 is 10.6 Å². The maximum atomic E-state index is 11.9. The second-order valence-corrected chi connectivity index (χ2v) is 5.49. The Labute approximate surface area is 112 Å². The van der Waals surface area contributed by atoms with Crippen LogP contribution in [-0.2, 0) is 4.74 Å². The summed E-state index contributed by atoms with van der Waals surface area (Å²) in [7, 11) is 0. The molecule has 3 atom stereocenters. The summed E-state index contributed by atoms with van der Waals surface area (Å²) in [5.74, 6) is 0.596. The molecule has 2 bridgehead atoms. The summed E-state index contributed by atoms with van der Waals surface area (Å²) in [4.78, 5) is 16.2. The van der Waals surface area contributed by atoms with Gasteiger partial charge < -0.3 is 10.1 Å². The standard InChI is InChI=1S/C14H19N3O2/c1-8-5-9(2)15-13(6-8)17-14(18)16-11-7-10-3-4-12(11)19-10/h5-6,10-12H,3-4,7H2,1-2H3,(H2,15,16,17,18)/t10-,11+,12-/m1/s1. The van der Waals surface area contributed by atoms with Crippen molar-refractivity contribution in [1.29, 1.82) is 0 Å². The maximum Gasteiger partial charge on any atom is 0.320 e. The van der Waals surface area contributed by atoms with E-state index in [-0.39, 0.29) is 18.2 Å². The molecule has 0 spiro atoms. The fourth-order valence-corrected chi connectivity index (χ4v) is 3.02. The molecule has 3 rings (SSSR count). The van der Waals surface area contributed by atoms with Gasteiger partial charge in [0.2, 0.25) is 0 Å². The first kappa shape index (κ1) is 12.4. The summed E-state index contributed by atoms with van der Waals surface area (Å²) in [6.45, 7) is 3.90. The van der Waals surface area contributed by atoms with Crippen molar-refractivity contribution in [1.82, 2.24) is 10.3 Å². The average Bonchev–Trinajstić information content (AvgIpc) is 2.88. The van der Waals surface area contributed by atoms with Crippen molar-refractivity contribution >= 4 is 11.8 Å². The fourth-order valence-electron chi connectivity index (χ4n) is 3.02. The van der Waals surface area contributed by atoms with Crippen molar-refractivity contribution < 1.29 is 9.53 Å². The summed E-state index contributed by atoms with van der Waals surface area (Å²) >= 11 is 0. The number of hydrogen-bond donors (Lipinski definition) is 2. The highest BCUT2D eigenvalue weighted by atomic mass is 16.5. The molecule has 0 aromatic carbocycles. The number of amides is 2. The largest absolute Gasteiger partial charge is 0.373 e. The van der Waals surface area contributed by atoms with Crippen LogP contribution in [0.1, 0.15) is 30.5 Å². The van der Waals surface area contributed by atoms with E-state index in [2.05, 4.69) is 15.6 Å². The fraction of sp³-hybridized carbons (Fsp3) is 0.571. The number of rotatable bonds is 2. The van der Waals surface area contributed by atoms with Gasteiger partial charge >= 0.3 is 6.03 Å². The van der Waals surface area contributed by atoms with Crippen LogP contribution in [-0.4, -0.2) is 29.3 Å². The number of aromatic nitrogens is 1. The lowest BCUT2D eigenvalue weighted by Crippen LogP contribution is -2.43. The highest BCUT2D eigenvalue weighted by Crippen LogP contribution is 2.34. The Kier molecular flexibility index (Phi) is 3.14. The molecule has 2 aliphatic rings. The summed E-state index contributed by atoms with van der Waals surface area (Å²) in [5.41, 5.74) is 1.99. The van der Waals surface area contributed by atoms with Gasteiger partial charge in [-0.3, -0.25) is 5.32 Å². The summed E-state index contributed by atoms with van der Waals surface area (Å²) < 4.78 is 5.72. The zero-order chi connectivity index (χ0) is 13.4. The van der Waals surface area contributed by atoms with Gasteiger partial charge in [0, 0.05) is 5.69 Å². The number of fused-ring (bicyclic) bond motifs is 2. The number of aryl methyl sites for hydroxylation is 2. The average molecular weight is 261 g/mol. The molecule has 102 valence electrons. The molecule has 3 heterocycles. The third-order valence-electron chi connectivity index (χ3n) is 3.76. The molecule has 1 aromatic rings. The second-order valence-electron chi connectivity index (χ2n) is 5.49. The lowest BCUT2D eigenvalue weighted by Gasteiger charge is -2.20. The molecule has 5 nitrogen and oxygen atoms in total. The zero-order valence-electron chi connectivity index (χ0n) is 11.3. The van der Waals surface area contributed by atoms with Gasteiger partial charge in [0.05, 0.1) is 18.2 Å². The van der Waals surface area contributed by atoms with Crippen LogP contribution in [0.3, 0.4) is 0 Å². The van der Waals surface area contributed by atoms with E-state index in [1.54, 1.807) is 0 Å². The van der Waals surface area contributed by atoms with Gasteiger partial charge in [-0.15, -0.1) is 0 Å². The highest BCUT2D eigenvalue weighted by molar-refractivity contribution is 5.88. The van der Waals surface area contributed by atoms with Crippen LogP contribution in [0.2, 0.25) is 0 Å². The molecule has 0 aliphatic carbocycles. The molecule has 2 fully saturated rings. The van der Waals surface area contributed by atoms with Gasteiger partial charge in [-0.25, -0.2) is 9.78 Å². The van der Waals surface area contributed by atoms with Crippen molar-refractivity contribution in [3.05, 3.63) is 23.4 Å². The van der Waals surface area contributed by atoms with E-state index in [0.717, 1.165) is 30.5 Å². The van der Waals surface area contributed by atoms with Gasteiger partial charge in [-0.2, -0.15) is 0 Å². The topological polar surface area (TPSA) is 63.2 Å². The van der Waals surface area contributed by atoms with E-state index >= 15 is 0 Å². The number of nitrogens with one attached hydrogen (secondary N) is 2. The van der Waals surface area contributed by atoms with Crippen LogP contribution in [0.5, 0.6) is 0 Å². The molecule has 2 aliphatic heterocycles. The van der Waals surface area contributed by atoms with Gasteiger partial charge in [0.15, 0.2) is 0 Å². The minimum absolute atomic E-state index is 0.143. The van der Waals surface area contributed by atoms with Crippen molar-refractivity contribution in [2.24, 2.45) is 0 Å². The first-order valence-corrected chi connectivity index (χ1v) is 6.78. The van der Waals surface area contributed by atoms with Crippen LogP contribution in [0.15, 0.2) is 12.1 Å². The number of urea groups is 1. The van der Waals surface area contributed by atoms with E-state index in [0.29, 0.717) is 11.9 Å². The monoisotopic (exact) mass is 261 g/mol. The van der Waals surface area contributed by atoms with Gasteiger partial charge in [-0.1, -0.05) is 0 Å². The lowest BCUT2D eigenvalue weighted by atomic mass is 9.96. The molecular weight excluding hydrogens is 242 g/mol. The number of ether oxygens (including phenoxy) is 1. The predicted octanol–water partition coefficient (Wildman–Crippen LogP) is 2.14. The molecule has 2 N–H and O–H groups in total. The van der Waals surface area contributed by atoms with Crippen molar-refractivity contribution in [2.75, 3.05) is 5.32 Å². The van der Waals surface area contributed by atoms with Crippen molar-refractivity contribution in [3.63, 3.8) is 0 Å². The SMILES string of the molecule is Cc1cc(C)nc(NC(=O)N[C@H]2C[C@H]3CC[C@H]2O3)c1. The predicted molar refractivity (Wildman–Crippen MR) is 72.2 cm³/mol. The Bertz CT molecular complexity index is 483. The minimum atomic E-state index is -0.196. The second kappa shape index (κ2) is 4.81. The first-order chi connectivity index (χ1) is 9.10. The Morgan fingerprint density at radius 1 is 1.37 bits per heavy atom. The smallest absolute Gasteiger partial charge is 0.320 e. The highest BCUT2D eigenvalue weighted by Gasteiger charge is 2.41. The summed E-state index contributed by atoms with van der Waals surface area (Å²) in [5, 5.41) is 5.78. The van der Waals surface area contributed by atoms with Crippen LogP contribution in [0, 0.1) is 13.8 Å². The number of hydrogen-bond acceptors (Lipinski definition) is 3. The Balaban J connectivity index is 1.59. The third-order valence-corrected chi connectivity index (χ3v) is 3.76. The van der Waals surface area contributed by atoms with Gasteiger partial charge in [0.1, 0.15) is 5.82 Å². The van der Waals surface area contributed by atoms with Crippen molar-refractivity contribution in [3.8, 4) is 0 Å². The number of carbonyl (C=O) groups excluding carboxylic acids is 1. The Morgan fingerprint density at radius 3 is 2.84 bits per heavy atom. The summed E-state index contributed by atoms with van der Waals surface area (Å²) in [6, 6.07) is 3.79. The van der Waals surface area contributed by atoms with E-state index in [1.165, 1.54) is 0 Å².